The zero-order valence-electron chi connectivity index (χ0n) is 11.7. The van der Waals surface area contributed by atoms with Crippen molar-refractivity contribution in [3.05, 3.63) is 0 Å². The van der Waals surface area contributed by atoms with E-state index in [0.717, 1.165) is 6.54 Å². The molecule has 0 radical (unpaired) electrons. The lowest BCUT2D eigenvalue weighted by Crippen LogP contribution is -2.52. The highest BCUT2D eigenvalue weighted by Gasteiger charge is 2.23. The first kappa shape index (κ1) is 15.0. The van der Waals surface area contributed by atoms with Crippen LogP contribution >= 0.6 is 0 Å². The number of likely N-dealkylation sites (N-methyl/N-ethyl adjacent to an activating group) is 1. The first-order chi connectivity index (χ1) is 8.54. The number of rotatable bonds is 5. The predicted molar refractivity (Wildman–Crippen MR) is 71.2 cm³/mol. The van der Waals surface area contributed by atoms with Gasteiger partial charge in [0.05, 0.1) is 6.54 Å². The molecule has 1 aliphatic rings. The molecule has 0 aromatic rings. The first-order valence-electron chi connectivity index (χ1n) is 6.80. The Balaban J connectivity index is 2.32. The molecule has 18 heavy (non-hydrogen) atoms. The standard InChI is InChI=1S/C13H25N3O2/c1-4-14-10-13(18)16-7-5-15(6-8-16)12(17)9-11(2)3/h11,14H,4-10H2,1-3H3. The fourth-order valence-corrected chi connectivity index (χ4v) is 2.03. The van der Waals surface area contributed by atoms with E-state index in [0.29, 0.717) is 45.1 Å². The Labute approximate surface area is 110 Å². The number of hydrogen-bond acceptors (Lipinski definition) is 3. The van der Waals surface area contributed by atoms with Crippen molar-refractivity contribution in [1.29, 1.82) is 0 Å². The Morgan fingerprint density at radius 1 is 1.06 bits per heavy atom. The Morgan fingerprint density at radius 3 is 2.00 bits per heavy atom. The van der Waals surface area contributed by atoms with E-state index in [2.05, 4.69) is 5.32 Å². The van der Waals surface area contributed by atoms with E-state index in [1.165, 1.54) is 0 Å². The van der Waals surface area contributed by atoms with E-state index in [1.54, 1.807) is 0 Å². The van der Waals surface area contributed by atoms with Crippen LogP contribution in [-0.4, -0.2) is 60.9 Å². The summed E-state index contributed by atoms with van der Waals surface area (Å²) in [4.78, 5) is 27.3. The van der Waals surface area contributed by atoms with Crippen molar-refractivity contribution in [3.63, 3.8) is 0 Å². The number of nitrogens with one attached hydrogen (secondary N) is 1. The molecule has 0 spiro atoms. The van der Waals surface area contributed by atoms with Gasteiger partial charge in [-0.15, -0.1) is 0 Å². The average Bonchev–Trinajstić information content (AvgIpc) is 2.35. The summed E-state index contributed by atoms with van der Waals surface area (Å²) in [5.74, 6) is 0.738. The Kier molecular flexibility index (Phi) is 6.12. The summed E-state index contributed by atoms with van der Waals surface area (Å²) in [6, 6.07) is 0. The molecule has 1 N–H and O–H groups in total. The molecule has 1 saturated heterocycles. The van der Waals surface area contributed by atoms with Crippen LogP contribution in [-0.2, 0) is 9.59 Å². The second-order valence-electron chi connectivity index (χ2n) is 5.14. The van der Waals surface area contributed by atoms with Crippen LogP contribution in [0, 0.1) is 5.92 Å². The van der Waals surface area contributed by atoms with E-state index in [-0.39, 0.29) is 11.8 Å². The van der Waals surface area contributed by atoms with Crippen LogP contribution < -0.4 is 5.32 Å². The smallest absolute Gasteiger partial charge is 0.236 e. The second kappa shape index (κ2) is 7.36. The van der Waals surface area contributed by atoms with Gasteiger partial charge in [0.2, 0.25) is 11.8 Å². The van der Waals surface area contributed by atoms with Gasteiger partial charge in [-0.25, -0.2) is 0 Å². The topological polar surface area (TPSA) is 52.7 Å². The van der Waals surface area contributed by atoms with Gasteiger partial charge in [-0.1, -0.05) is 20.8 Å². The van der Waals surface area contributed by atoms with Crippen LogP contribution in [0.15, 0.2) is 0 Å². The fourth-order valence-electron chi connectivity index (χ4n) is 2.03. The minimum Gasteiger partial charge on any atom is -0.339 e. The molecule has 1 aliphatic heterocycles. The van der Waals surface area contributed by atoms with Gasteiger partial charge in [0.15, 0.2) is 0 Å². The molecule has 2 amide bonds. The molecule has 1 heterocycles. The third-order valence-corrected chi connectivity index (χ3v) is 3.09. The minimum atomic E-state index is 0.132. The average molecular weight is 255 g/mol. The van der Waals surface area contributed by atoms with Crippen LogP contribution in [0.3, 0.4) is 0 Å². The molecule has 0 atom stereocenters. The fraction of sp³-hybridized carbons (Fsp3) is 0.846. The number of amides is 2. The number of carbonyl (C=O) groups excluding carboxylic acids is 2. The van der Waals surface area contributed by atoms with Gasteiger partial charge in [0.1, 0.15) is 0 Å². The number of carbonyl (C=O) groups is 2. The van der Waals surface area contributed by atoms with E-state index in [1.807, 2.05) is 30.6 Å². The largest absolute Gasteiger partial charge is 0.339 e. The van der Waals surface area contributed by atoms with Gasteiger partial charge in [0, 0.05) is 32.6 Å². The van der Waals surface area contributed by atoms with Crippen LogP contribution in [0.5, 0.6) is 0 Å². The molecule has 1 rings (SSSR count). The van der Waals surface area contributed by atoms with Crippen LogP contribution in [0.25, 0.3) is 0 Å². The summed E-state index contributed by atoms with van der Waals surface area (Å²) in [7, 11) is 0. The van der Waals surface area contributed by atoms with Crippen LogP contribution in [0.4, 0.5) is 0 Å². The lowest BCUT2D eigenvalue weighted by molar-refractivity contribution is -0.139. The van der Waals surface area contributed by atoms with Gasteiger partial charge in [-0.05, 0) is 12.5 Å². The number of hydrogen-bond donors (Lipinski definition) is 1. The second-order valence-corrected chi connectivity index (χ2v) is 5.14. The SMILES string of the molecule is CCNCC(=O)N1CCN(C(=O)CC(C)C)CC1. The molecule has 0 aromatic heterocycles. The van der Waals surface area contributed by atoms with Crippen molar-refractivity contribution in [1.82, 2.24) is 15.1 Å². The third kappa shape index (κ3) is 4.64. The summed E-state index contributed by atoms with van der Waals surface area (Å²) in [5.41, 5.74) is 0. The third-order valence-electron chi connectivity index (χ3n) is 3.09. The molecule has 0 saturated carbocycles. The van der Waals surface area contributed by atoms with E-state index >= 15 is 0 Å². The minimum absolute atomic E-state index is 0.132. The van der Waals surface area contributed by atoms with E-state index in [4.69, 9.17) is 0 Å². The van der Waals surface area contributed by atoms with Gasteiger partial charge >= 0.3 is 0 Å². The molecule has 5 heteroatoms. The van der Waals surface area contributed by atoms with Gasteiger partial charge < -0.3 is 15.1 Å². The molecule has 5 nitrogen and oxygen atoms in total. The van der Waals surface area contributed by atoms with Crippen molar-refractivity contribution in [2.75, 3.05) is 39.3 Å². The van der Waals surface area contributed by atoms with Crippen LogP contribution in [0.1, 0.15) is 27.2 Å². The van der Waals surface area contributed by atoms with Gasteiger partial charge in [-0.3, -0.25) is 9.59 Å². The summed E-state index contributed by atoms with van der Waals surface area (Å²) >= 11 is 0. The lowest BCUT2D eigenvalue weighted by Gasteiger charge is -2.35. The van der Waals surface area contributed by atoms with Crippen LogP contribution in [0.2, 0.25) is 0 Å². The quantitative estimate of drug-likeness (QED) is 0.769. The summed E-state index contributed by atoms with van der Waals surface area (Å²) in [6.07, 6.45) is 0.603. The number of nitrogens with zero attached hydrogens (tertiary/aromatic N) is 2. The highest BCUT2D eigenvalue weighted by Crippen LogP contribution is 2.08. The monoisotopic (exact) mass is 255 g/mol. The molecule has 0 unspecified atom stereocenters. The summed E-state index contributed by atoms with van der Waals surface area (Å²) in [6.45, 7) is 9.95. The molecular formula is C13H25N3O2. The highest BCUT2D eigenvalue weighted by molar-refractivity contribution is 5.79. The zero-order chi connectivity index (χ0) is 13.5. The molecule has 104 valence electrons. The maximum absolute atomic E-state index is 11.9. The molecule has 1 fully saturated rings. The van der Waals surface area contributed by atoms with Gasteiger partial charge in [-0.2, -0.15) is 0 Å². The summed E-state index contributed by atoms with van der Waals surface area (Å²) in [5, 5.41) is 3.03. The predicted octanol–water partition coefficient (Wildman–Crippen LogP) is 0.313. The molecule has 0 aliphatic carbocycles. The lowest BCUT2D eigenvalue weighted by atomic mass is 10.1. The van der Waals surface area contributed by atoms with Crippen molar-refractivity contribution in [2.45, 2.75) is 27.2 Å². The van der Waals surface area contributed by atoms with Gasteiger partial charge in [0.25, 0.3) is 0 Å². The van der Waals surface area contributed by atoms with Crippen molar-refractivity contribution >= 4 is 11.8 Å². The Morgan fingerprint density at radius 2 is 1.56 bits per heavy atom. The van der Waals surface area contributed by atoms with E-state index < -0.39 is 0 Å². The maximum atomic E-state index is 11.9. The van der Waals surface area contributed by atoms with Crippen molar-refractivity contribution in [2.24, 2.45) is 5.92 Å². The maximum Gasteiger partial charge on any atom is 0.236 e. The molecule has 0 aromatic carbocycles. The van der Waals surface area contributed by atoms with Crippen molar-refractivity contribution in [3.8, 4) is 0 Å². The summed E-state index contributed by atoms with van der Waals surface area (Å²) < 4.78 is 0. The normalized spacial score (nSPS) is 16.2. The first-order valence-corrected chi connectivity index (χ1v) is 6.80. The Bertz CT molecular complexity index is 284. The number of piperazine rings is 1. The van der Waals surface area contributed by atoms with E-state index in [9.17, 15) is 9.59 Å². The highest BCUT2D eigenvalue weighted by atomic mass is 16.2. The molecule has 0 bridgehead atoms. The molecular weight excluding hydrogens is 230 g/mol. The Hall–Kier alpha value is -1.10. The van der Waals surface area contributed by atoms with Crippen molar-refractivity contribution < 1.29 is 9.59 Å². The zero-order valence-corrected chi connectivity index (χ0v) is 11.7.